The van der Waals surface area contributed by atoms with Gasteiger partial charge in [0.1, 0.15) is 11.5 Å². The summed E-state index contributed by atoms with van der Waals surface area (Å²) in [6.07, 6.45) is 3.36. The predicted molar refractivity (Wildman–Crippen MR) is 179 cm³/mol. The molecule has 4 aromatic rings. The number of aryl methyl sites for hydroxylation is 1. The number of H-pyrrole nitrogens is 1. The number of nitrogens with zero attached hydrogens (tertiary/aromatic N) is 4. The Morgan fingerprint density at radius 1 is 0.795 bits per heavy atom. The van der Waals surface area contributed by atoms with Crippen LogP contribution in [0.3, 0.4) is 0 Å². The lowest BCUT2D eigenvalue weighted by molar-refractivity contribution is 0.311. The van der Waals surface area contributed by atoms with E-state index in [9.17, 15) is 8.42 Å². The molecule has 2 aliphatic heterocycles. The Balaban J connectivity index is 1.10. The highest BCUT2D eigenvalue weighted by molar-refractivity contribution is 7.89. The average Bonchev–Trinajstić information content (AvgIpc) is 3.42. The van der Waals surface area contributed by atoms with Gasteiger partial charge in [0.05, 0.1) is 4.90 Å². The first-order chi connectivity index (χ1) is 21.2. The number of piperazine rings is 2. The minimum atomic E-state index is -3.65. The predicted octanol–water partition coefficient (Wildman–Crippen LogP) is 5.03. The van der Waals surface area contributed by atoms with E-state index in [1.165, 1.54) is 0 Å². The summed E-state index contributed by atoms with van der Waals surface area (Å²) < 4.78 is 35.1. The van der Waals surface area contributed by atoms with Crippen molar-refractivity contribution in [3.63, 3.8) is 0 Å². The van der Waals surface area contributed by atoms with Gasteiger partial charge in [-0.15, -0.1) is 0 Å². The number of aromatic nitrogens is 1. The molecule has 0 spiro atoms. The molecule has 11 heteroatoms. The third-order valence-corrected chi connectivity index (χ3v) is 10.3. The van der Waals surface area contributed by atoms with E-state index >= 15 is 0 Å². The maximum atomic E-state index is 13.0. The summed E-state index contributed by atoms with van der Waals surface area (Å²) in [6, 6.07) is 18.9. The molecule has 6 rings (SSSR count). The van der Waals surface area contributed by atoms with Gasteiger partial charge in [-0.1, -0.05) is 11.6 Å². The summed E-state index contributed by atoms with van der Waals surface area (Å²) in [5.41, 5.74) is 4.46. The van der Waals surface area contributed by atoms with Crippen molar-refractivity contribution < 1.29 is 13.2 Å². The van der Waals surface area contributed by atoms with Gasteiger partial charge in [0.15, 0.2) is 0 Å². The number of hydrogen-bond acceptors (Lipinski definition) is 7. The van der Waals surface area contributed by atoms with Gasteiger partial charge in [0, 0.05) is 105 Å². The standard InChI is InChI=1S/C33H41ClN6O3S/c1-37-12-16-39(17-13-37)27-21-28(40-18-14-38(2)15-19-40)23-30(22-27)43-29-6-8-31(9-7-29)44(41,42)36-11-3-4-25-24-35-33-10-5-26(34)20-32(25)33/h5-10,20-24,35-36H,3-4,11-19H2,1-2H3. The zero-order chi connectivity index (χ0) is 30.7. The maximum Gasteiger partial charge on any atom is 0.240 e. The smallest absolute Gasteiger partial charge is 0.240 e. The lowest BCUT2D eigenvalue weighted by Crippen LogP contribution is -2.45. The van der Waals surface area contributed by atoms with Crippen molar-refractivity contribution in [1.82, 2.24) is 19.5 Å². The number of halogens is 1. The molecule has 0 saturated carbocycles. The molecule has 0 aliphatic carbocycles. The van der Waals surface area contributed by atoms with Gasteiger partial charge in [0.25, 0.3) is 0 Å². The van der Waals surface area contributed by atoms with E-state index in [1.807, 2.05) is 24.4 Å². The fourth-order valence-electron chi connectivity index (χ4n) is 5.87. The van der Waals surface area contributed by atoms with E-state index in [1.54, 1.807) is 24.3 Å². The van der Waals surface area contributed by atoms with Crippen LogP contribution in [0.2, 0.25) is 5.02 Å². The Hall–Kier alpha value is -3.28. The van der Waals surface area contributed by atoms with E-state index in [0.717, 1.165) is 92.4 Å². The SMILES string of the molecule is CN1CCN(c2cc(Oc3ccc(S(=O)(=O)NCCCc4c[nH]c5ccc(Cl)cc45)cc3)cc(N3CCN(C)CC3)c2)CC1. The van der Waals surface area contributed by atoms with E-state index < -0.39 is 10.0 Å². The molecule has 1 aromatic heterocycles. The molecule has 2 N–H and O–H groups in total. The Kier molecular flexibility index (Phi) is 9.34. The molecule has 9 nitrogen and oxygen atoms in total. The van der Waals surface area contributed by atoms with Gasteiger partial charge in [-0.2, -0.15) is 0 Å². The number of ether oxygens (including phenoxy) is 1. The number of fused-ring (bicyclic) bond motifs is 1. The third-order valence-electron chi connectivity index (χ3n) is 8.63. The number of nitrogens with one attached hydrogen (secondary N) is 2. The van der Waals surface area contributed by atoms with Gasteiger partial charge in [-0.05, 0) is 81.0 Å². The molecule has 0 radical (unpaired) electrons. The zero-order valence-corrected chi connectivity index (χ0v) is 27.0. The first-order valence-corrected chi connectivity index (χ1v) is 17.1. The van der Waals surface area contributed by atoms with Gasteiger partial charge >= 0.3 is 0 Å². The highest BCUT2D eigenvalue weighted by Crippen LogP contribution is 2.33. The molecular weight excluding hydrogens is 596 g/mol. The second-order valence-corrected chi connectivity index (χ2v) is 14.0. The largest absolute Gasteiger partial charge is 0.457 e. The molecule has 234 valence electrons. The molecule has 3 heterocycles. The fraction of sp³-hybridized carbons (Fsp3) is 0.394. The zero-order valence-electron chi connectivity index (χ0n) is 25.4. The van der Waals surface area contributed by atoms with Crippen LogP contribution in [-0.4, -0.2) is 96.2 Å². The first kappa shape index (κ1) is 30.7. The molecular formula is C33H41ClN6O3S. The van der Waals surface area contributed by atoms with Crippen LogP contribution in [0.4, 0.5) is 11.4 Å². The molecule has 0 bridgehead atoms. The second-order valence-electron chi connectivity index (χ2n) is 11.8. The Morgan fingerprint density at radius 2 is 1.41 bits per heavy atom. The molecule has 0 atom stereocenters. The normalized spacial score (nSPS) is 17.0. The van der Waals surface area contributed by atoms with Crippen molar-refractivity contribution in [2.75, 3.05) is 82.8 Å². The number of anilines is 2. The first-order valence-electron chi connectivity index (χ1n) is 15.3. The number of likely N-dealkylation sites (N-methyl/N-ethyl adjacent to an activating group) is 2. The average molecular weight is 637 g/mol. The van der Waals surface area contributed by atoms with Crippen LogP contribution in [0, 0.1) is 0 Å². The molecule has 2 aliphatic rings. The van der Waals surface area contributed by atoms with Gasteiger partial charge in [-0.25, -0.2) is 13.1 Å². The Morgan fingerprint density at radius 3 is 2.02 bits per heavy atom. The van der Waals surface area contributed by atoms with Gasteiger partial charge < -0.3 is 29.3 Å². The highest BCUT2D eigenvalue weighted by Gasteiger charge is 2.20. The molecule has 2 fully saturated rings. The van der Waals surface area contributed by atoms with Gasteiger partial charge in [-0.3, -0.25) is 0 Å². The Bertz CT molecular complexity index is 1640. The van der Waals surface area contributed by atoms with Crippen LogP contribution in [0.1, 0.15) is 12.0 Å². The molecule has 0 amide bonds. The summed E-state index contributed by atoms with van der Waals surface area (Å²) >= 11 is 6.16. The quantitative estimate of drug-likeness (QED) is 0.236. The van der Waals surface area contributed by atoms with Crippen molar-refractivity contribution in [2.24, 2.45) is 0 Å². The van der Waals surface area contributed by atoms with Crippen LogP contribution in [0.25, 0.3) is 10.9 Å². The lowest BCUT2D eigenvalue weighted by atomic mass is 10.1. The topological polar surface area (TPSA) is 84.1 Å². The van der Waals surface area contributed by atoms with Crippen molar-refractivity contribution >= 4 is 43.9 Å². The number of aromatic amines is 1. The maximum absolute atomic E-state index is 13.0. The van der Waals surface area contributed by atoms with Crippen LogP contribution in [-0.2, 0) is 16.4 Å². The fourth-order valence-corrected chi connectivity index (χ4v) is 7.12. The van der Waals surface area contributed by atoms with Crippen LogP contribution >= 0.6 is 11.6 Å². The van der Waals surface area contributed by atoms with Crippen molar-refractivity contribution in [1.29, 1.82) is 0 Å². The molecule has 44 heavy (non-hydrogen) atoms. The van der Waals surface area contributed by atoms with Crippen LogP contribution in [0.15, 0.2) is 71.8 Å². The van der Waals surface area contributed by atoms with E-state index in [-0.39, 0.29) is 4.90 Å². The molecule has 0 unspecified atom stereocenters. The summed E-state index contributed by atoms with van der Waals surface area (Å²) in [7, 11) is 0.674. The summed E-state index contributed by atoms with van der Waals surface area (Å²) in [4.78, 5) is 13.0. The van der Waals surface area contributed by atoms with Crippen molar-refractivity contribution in [2.45, 2.75) is 17.7 Å². The second kappa shape index (κ2) is 13.4. The lowest BCUT2D eigenvalue weighted by Gasteiger charge is -2.37. The number of rotatable bonds is 10. The Labute approximate surface area is 265 Å². The third kappa shape index (κ3) is 7.33. The summed E-state index contributed by atoms with van der Waals surface area (Å²) in [5.74, 6) is 1.35. The number of sulfonamides is 1. The minimum Gasteiger partial charge on any atom is -0.457 e. The van der Waals surface area contributed by atoms with Gasteiger partial charge in [0.2, 0.25) is 10.0 Å². The van der Waals surface area contributed by atoms with Crippen molar-refractivity contribution in [3.8, 4) is 11.5 Å². The minimum absolute atomic E-state index is 0.216. The van der Waals surface area contributed by atoms with E-state index in [0.29, 0.717) is 23.7 Å². The van der Waals surface area contributed by atoms with Crippen molar-refractivity contribution in [3.05, 3.63) is 77.4 Å². The van der Waals surface area contributed by atoms with E-state index in [2.05, 4.69) is 61.6 Å². The highest BCUT2D eigenvalue weighted by atomic mass is 35.5. The molecule has 3 aromatic carbocycles. The number of hydrogen-bond donors (Lipinski definition) is 2. The molecule has 2 saturated heterocycles. The summed E-state index contributed by atoms with van der Waals surface area (Å²) in [5, 5.41) is 1.75. The van der Waals surface area contributed by atoms with E-state index in [4.69, 9.17) is 16.3 Å². The summed E-state index contributed by atoms with van der Waals surface area (Å²) in [6.45, 7) is 8.31. The monoisotopic (exact) mass is 636 g/mol. The number of benzene rings is 3. The van der Waals surface area contributed by atoms with Crippen LogP contribution < -0.4 is 19.3 Å². The van der Waals surface area contributed by atoms with Crippen LogP contribution in [0.5, 0.6) is 11.5 Å².